The molecule has 0 unspecified atom stereocenters. The summed E-state index contributed by atoms with van der Waals surface area (Å²) in [4.78, 5) is 0. The Kier molecular flexibility index (Phi) is 2.68. The second-order valence-corrected chi connectivity index (χ2v) is 3.65. The van der Waals surface area contributed by atoms with Gasteiger partial charge in [-0.3, -0.25) is 0 Å². The van der Waals surface area contributed by atoms with Gasteiger partial charge in [-0.15, -0.1) is 0 Å². The zero-order valence-corrected chi connectivity index (χ0v) is 8.22. The summed E-state index contributed by atoms with van der Waals surface area (Å²) in [5.41, 5.74) is 2.12. The van der Waals surface area contributed by atoms with E-state index in [0.29, 0.717) is 0 Å². The Morgan fingerprint density at radius 1 is 1.36 bits per heavy atom. The lowest BCUT2D eigenvalue weighted by Crippen LogP contribution is -1.91. The van der Waals surface area contributed by atoms with Crippen molar-refractivity contribution in [2.24, 2.45) is 0 Å². The second-order valence-electron chi connectivity index (χ2n) is 2.74. The fourth-order valence-corrected chi connectivity index (χ4v) is 1.63. The van der Waals surface area contributed by atoms with Gasteiger partial charge in [-0.25, -0.2) is 0 Å². The molecule has 0 bridgehead atoms. The van der Waals surface area contributed by atoms with Crippen molar-refractivity contribution in [3.63, 3.8) is 0 Å². The molecule has 1 aromatic carbocycles. The van der Waals surface area contributed by atoms with Crippen molar-refractivity contribution >= 4 is 15.9 Å². The van der Waals surface area contributed by atoms with Crippen LogP contribution in [0.2, 0.25) is 0 Å². The molecule has 11 heavy (non-hydrogen) atoms. The highest BCUT2D eigenvalue weighted by Gasteiger charge is 2.01. The van der Waals surface area contributed by atoms with Gasteiger partial charge in [-0.1, -0.05) is 22.0 Å². The molecule has 2 heteroatoms. The van der Waals surface area contributed by atoms with Crippen LogP contribution < -0.4 is 0 Å². The van der Waals surface area contributed by atoms with E-state index in [9.17, 15) is 5.11 Å². The summed E-state index contributed by atoms with van der Waals surface area (Å²) >= 11 is 3.37. The molecule has 0 aliphatic rings. The lowest BCUT2D eigenvalue weighted by molar-refractivity contribution is 0.199. The van der Waals surface area contributed by atoms with Gasteiger partial charge in [0.25, 0.3) is 0 Å². The van der Waals surface area contributed by atoms with Gasteiger partial charge < -0.3 is 5.11 Å². The monoisotopic (exact) mass is 214 g/mol. The highest BCUT2D eigenvalue weighted by Crippen LogP contribution is 2.19. The summed E-state index contributed by atoms with van der Waals surface area (Å²) in [5.74, 6) is 0. The van der Waals surface area contributed by atoms with Gasteiger partial charge in [-0.2, -0.15) is 0 Å². The van der Waals surface area contributed by atoms with E-state index in [0.717, 1.165) is 15.6 Å². The third-order valence-electron chi connectivity index (χ3n) is 1.55. The first-order valence-corrected chi connectivity index (χ1v) is 4.34. The van der Waals surface area contributed by atoms with Crippen LogP contribution in [0.1, 0.15) is 24.2 Å². The molecule has 0 saturated carbocycles. The van der Waals surface area contributed by atoms with Crippen LogP contribution in [0.25, 0.3) is 0 Å². The van der Waals surface area contributed by atoms with Crippen molar-refractivity contribution in [2.75, 3.05) is 0 Å². The maximum absolute atomic E-state index is 9.25. The molecule has 1 nitrogen and oxygen atoms in total. The topological polar surface area (TPSA) is 20.2 Å². The number of aryl methyl sites for hydroxylation is 1. The molecule has 0 heterocycles. The molecule has 1 aromatic rings. The van der Waals surface area contributed by atoms with Gasteiger partial charge in [0, 0.05) is 4.47 Å². The van der Waals surface area contributed by atoms with Crippen LogP contribution in [0.4, 0.5) is 0 Å². The summed E-state index contributed by atoms with van der Waals surface area (Å²) in [6, 6.07) is 5.93. The molecule has 0 aromatic heterocycles. The molecule has 1 N–H and O–H groups in total. The number of hydrogen-bond acceptors (Lipinski definition) is 1. The number of hydrogen-bond donors (Lipinski definition) is 1. The molecule has 0 radical (unpaired) electrons. The first-order chi connectivity index (χ1) is 5.09. The predicted octanol–water partition coefficient (Wildman–Crippen LogP) is 2.81. The molecule has 0 aliphatic heterocycles. The normalized spacial score (nSPS) is 13.1. The number of halogens is 1. The molecular formula is C9H11BrO. The molecule has 60 valence electrons. The van der Waals surface area contributed by atoms with E-state index in [1.807, 2.05) is 25.1 Å². The Balaban J connectivity index is 3.08. The molecule has 0 amide bonds. The Labute approximate surface area is 75.2 Å². The molecule has 0 fully saturated rings. The molecule has 0 aliphatic carbocycles. The highest BCUT2D eigenvalue weighted by molar-refractivity contribution is 9.10. The van der Waals surface area contributed by atoms with E-state index >= 15 is 0 Å². The summed E-state index contributed by atoms with van der Waals surface area (Å²) in [7, 11) is 0. The first kappa shape index (κ1) is 8.75. The van der Waals surface area contributed by atoms with Crippen LogP contribution in [0.5, 0.6) is 0 Å². The van der Waals surface area contributed by atoms with Crippen molar-refractivity contribution in [2.45, 2.75) is 20.0 Å². The largest absolute Gasteiger partial charge is 0.389 e. The number of aliphatic hydroxyl groups is 1. The predicted molar refractivity (Wildman–Crippen MR) is 49.5 cm³/mol. The molecule has 0 spiro atoms. The Morgan fingerprint density at radius 3 is 2.45 bits per heavy atom. The Hall–Kier alpha value is -0.340. The standard InChI is InChI=1S/C9H11BrO/c1-6-3-8(7(2)11)5-9(10)4-6/h3-5,7,11H,1-2H3/t7-/m0/s1. The fourth-order valence-electron chi connectivity index (χ4n) is 1.01. The zero-order valence-electron chi connectivity index (χ0n) is 6.63. The average molecular weight is 215 g/mol. The summed E-state index contributed by atoms with van der Waals surface area (Å²) in [6.45, 7) is 3.78. The Bertz CT molecular complexity index is 235. The van der Waals surface area contributed by atoms with Crippen LogP contribution in [-0.2, 0) is 0 Å². The summed E-state index contributed by atoms with van der Waals surface area (Å²) in [6.07, 6.45) is -0.383. The number of aliphatic hydroxyl groups excluding tert-OH is 1. The first-order valence-electron chi connectivity index (χ1n) is 3.55. The molecule has 1 rings (SSSR count). The van der Waals surface area contributed by atoms with Crippen molar-refractivity contribution in [1.29, 1.82) is 0 Å². The van der Waals surface area contributed by atoms with E-state index in [4.69, 9.17) is 0 Å². The SMILES string of the molecule is Cc1cc(Br)cc([C@H](C)O)c1. The van der Waals surface area contributed by atoms with E-state index in [1.165, 1.54) is 0 Å². The minimum absolute atomic E-state index is 0.383. The van der Waals surface area contributed by atoms with Crippen LogP contribution in [-0.4, -0.2) is 5.11 Å². The van der Waals surface area contributed by atoms with Gasteiger partial charge in [0.15, 0.2) is 0 Å². The lowest BCUT2D eigenvalue weighted by atomic mass is 10.1. The molecule has 1 atom stereocenters. The quantitative estimate of drug-likeness (QED) is 0.763. The number of benzene rings is 1. The fraction of sp³-hybridized carbons (Fsp3) is 0.333. The summed E-state index contributed by atoms with van der Waals surface area (Å²) < 4.78 is 1.02. The smallest absolute Gasteiger partial charge is 0.0762 e. The maximum Gasteiger partial charge on any atom is 0.0762 e. The van der Waals surface area contributed by atoms with Gasteiger partial charge in [0.1, 0.15) is 0 Å². The van der Waals surface area contributed by atoms with Crippen molar-refractivity contribution in [3.05, 3.63) is 33.8 Å². The van der Waals surface area contributed by atoms with E-state index < -0.39 is 0 Å². The third-order valence-corrected chi connectivity index (χ3v) is 2.00. The molecule has 0 saturated heterocycles. The minimum atomic E-state index is -0.383. The van der Waals surface area contributed by atoms with E-state index in [1.54, 1.807) is 6.92 Å². The van der Waals surface area contributed by atoms with E-state index in [-0.39, 0.29) is 6.10 Å². The maximum atomic E-state index is 9.25. The van der Waals surface area contributed by atoms with Gasteiger partial charge in [-0.05, 0) is 37.1 Å². The second kappa shape index (κ2) is 3.37. The Morgan fingerprint density at radius 2 is 2.00 bits per heavy atom. The summed E-state index contributed by atoms with van der Waals surface area (Å²) in [5, 5.41) is 9.25. The molecular weight excluding hydrogens is 204 g/mol. The van der Waals surface area contributed by atoms with Crippen molar-refractivity contribution in [1.82, 2.24) is 0 Å². The number of rotatable bonds is 1. The van der Waals surface area contributed by atoms with Gasteiger partial charge in [0.2, 0.25) is 0 Å². The van der Waals surface area contributed by atoms with Crippen LogP contribution in [0.15, 0.2) is 22.7 Å². The minimum Gasteiger partial charge on any atom is -0.389 e. The zero-order chi connectivity index (χ0) is 8.43. The third kappa shape index (κ3) is 2.31. The van der Waals surface area contributed by atoms with Crippen molar-refractivity contribution < 1.29 is 5.11 Å². The average Bonchev–Trinajstić information content (AvgIpc) is 1.85. The van der Waals surface area contributed by atoms with Crippen LogP contribution in [0, 0.1) is 6.92 Å². The van der Waals surface area contributed by atoms with Crippen LogP contribution >= 0.6 is 15.9 Å². The van der Waals surface area contributed by atoms with Crippen molar-refractivity contribution in [3.8, 4) is 0 Å². The van der Waals surface area contributed by atoms with Gasteiger partial charge >= 0.3 is 0 Å². The van der Waals surface area contributed by atoms with E-state index in [2.05, 4.69) is 15.9 Å². The van der Waals surface area contributed by atoms with Crippen LogP contribution in [0.3, 0.4) is 0 Å². The van der Waals surface area contributed by atoms with Gasteiger partial charge in [0.05, 0.1) is 6.10 Å². The highest BCUT2D eigenvalue weighted by atomic mass is 79.9. The lowest BCUT2D eigenvalue weighted by Gasteiger charge is -2.05.